The molecule has 0 nitrogen and oxygen atoms in total. The van der Waals surface area contributed by atoms with Crippen LogP contribution >= 0.6 is 31.9 Å². The Balaban J connectivity index is 2.20. The first-order chi connectivity index (χ1) is 7.79. The molecule has 16 heavy (non-hydrogen) atoms. The molecule has 0 bridgehead atoms. The Kier molecular flexibility index (Phi) is 4.19. The Bertz CT molecular complexity index is 382. The van der Waals surface area contributed by atoms with E-state index in [-0.39, 0.29) is 9.65 Å². The summed E-state index contributed by atoms with van der Waals surface area (Å²) < 4.78 is 0. The summed E-state index contributed by atoms with van der Waals surface area (Å²) in [6.45, 7) is 0. The van der Waals surface area contributed by atoms with Crippen molar-refractivity contribution in [2.45, 2.75) is 9.65 Å². The van der Waals surface area contributed by atoms with Crippen LogP contribution in [0.25, 0.3) is 0 Å². The Morgan fingerprint density at radius 3 is 1.19 bits per heavy atom. The van der Waals surface area contributed by atoms with Crippen LogP contribution in [0.15, 0.2) is 60.7 Å². The van der Waals surface area contributed by atoms with E-state index in [0.29, 0.717) is 0 Å². The molecule has 0 aromatic heterocycles. The lowest BCUT2D eigenvalue weighted by atomic mass is 10.0. The minimum absolute atomic E-state index is 0.288. The summed E-state index contributed by atoms with van der Waals surface area (Å²) >= 11 is 7.48. The molecule has 2 atom stereocenters. The first-order valence-electron chi connectivity index (χ1n) is 5.17. The average molecular weight is 340 g/mol. The molecule has 2 heteroatoms. The molecular weight excluding hydrogens is 328 g/mol. The Hall–Kier alpha value is -0.600. The largest absolute Gasteiger partial charge is 0.0823 e. The Morgan fingerprint density at radius 2 is 0.875 bits per heavy atom. The monoisotopic (exact) mass is 338 g/mol. The van der Waals surface area contributed by atoms with Gasteiger partial charge in [-0.25, -0.2) is 0 Å². The van der Waals surface area contributed by atoms with Crippen molar-refractivity contribution < 1.29 is 0 Å². The molecule has 0 N–H and O–H groups in total. The quantitative estimate of drug-likeness (QED) is 0.669. The minimum atomic E-state index is 0.288. The fraction of sp³-hybridized carbons (Fsp3) is 0.143. The second-order valence-corrected chi connectivity index (χ2v) is 5.60. The standard InChI is InChI=1S/C14H12Br2/c15-13(11-7-3-1-4-8-11)14(16)12-9-5-2-6-10-12/h1-10,13-14H/t13-,14-/m1/s1. The summed E-state index contributed by atoms with van der Waals surface area (Å²) in [6, 6.07) is 20.9. The van der Waals surface area contributed by atoms with Crippen molar-refractivity contribution >= 4 is 31.9 Å². The lowest BCUT2D eigenvalue weighted by molar-refractivity contribution is 0.938. The van der Waals surface area contributed by atoms with Gasteiger partial charge in [0.05, 0.1) is 9.65 Å². The van der Waals surface area contributed by atoms with Gasteiger partial charge in [0.15, 0.2) is 0 Å². The first-order valence-corrected chi connectivity index (χ1v) is 7.00. The molecule has 0 saturated carbocycles. The molecule has 82 valence electrons. The summed E-state index contributed by atoms with van der Waals surface area (Å²) in [4.78, 5) is 0.576. The van der Waals surface area contributed by atoms with E-state index < -0.39 is 0 Å². The van der Waals surface area contributed by atoms with Crippen molar-refractivity contribution in [1.82, 2.24) is 0 Å². The molecule has 0 spiro atoms. The summed E-state index contributed by atoms with van der Waals surface area (Å²) in [5, 5.41) is 0. The molecule has 0 unspecified atom stereocenters. The molecule has 0 amide bonds. The Labute approximate surface area is 113 Å². The molecular formula is C14H12Br2. The van der Waals surface area contributed by atoms with Gasteiger partial charge in [-0.1, -0.05) is 92.5 Å². The number of halogens is 2. The zero-order valence-corrected chi connectivity index (χ0v) is 11.9. The van der Waals surface area contributed by atoms with Crippen molar-refractivity contribution in [2.24, 2.45) is 0 Å². The predicted octanol–water partition coefficient (Wildman–Crippen LogP) is 5.26. The number of benzene rings is 2. The van der Waals surface area contributed by atoms with Crippen LogP contribution in [0.4, 0.5) is 0 Å². The molecule has 2 aromatic rings. The highest BCUT2D eigenvalue weighted by Gasteiger charge is 2.18. The van der Waals surface area contributed by atoms with Gasteiger partial charge >= 0.3 is 0 Å². The molecule has 0 aliphatic heterocycles. The molecule has 0 radical (unpaired) electrons. The van der Waals surface area contributed by atoms with E-state index in [2.05, 4.69) is 80.4 Å². The van der Waals surface area contributed by atoms with Crippen molar-refractivity contribution in [3.05, 3.63) is 71.8 Å². The van der Waals surface area contributed by atoms with Crippen LogP contribution < -0.4 is 0 Å². The van der Waals surface area contributed by atoms with Crippen LogP contribution in [0.2, 0.25) is 0 Å². The van der Waals surface area contributed by atoms with E-state index >= 15 is 0 Å². The third-order valence-electron chi connectivity index (χ3n) is 2.49. The first kappa shape index (κ1) is 11.9. The van der Waals surface area contributed by atoms with Gasteiger partial charge in [0, 0.05) is 0 Å². The molecule has 2 rings (SSSR count). The number of alkyl halides is 2. The zero-order valence-electron chi connectivity index (χ0n) is 8.68. The molecule has 0 heterocycles. The summed E-state index contributed by atoms with van der Waals surface area (Å²) in [7, 11) is 0. The van der Waals surface area contributed by atoms with Gasteiger partial charge in [-0.2, -0.15) is 0 Å². The van der Waals surface area contributed by atoms with Gasteiger partial charge in [-0.3, -0.25) is 0 Å². The van der Waals surface area contributed by atoms with Gasteiger partial charge in [-0.05, 0) is 11.1 Å². The lowest BCUT2D eigenvalue weighted by Crippen LogP contribution is -1.98. The smallest absolute Gasteiger partial charge is 0.0561 e. The van der Waals surface area contributed by atoms with Crippen LogP contribution in [0, 0.1) is 0 Å². The second-order valence-electron chi connectivity index (χ2n) is 3.62. The maximum absolute atomic E-state index is 3.74. The highest BCUT2D eigenvalue weighted by molar-refractivity contribution is 9.12. The minimum Gasteiger partial charge on any atom is -0.0823 e. The third-order valence-corrected chi connectivity index (χ3v) is 5.32. The molecule has 2 aromatic carbocycles. The second kappa shape index (κ2) is 5.65. The topological polar surface area (TPSA) is 0 Å². The van der Waals surface area contributed by atoms with Gasteiger partial charge in [0.25, 0.3) is 0 Å². The molecule has 0 aliphatic carbocycles. The maximum atomic E-state index is 3.74. The van der Waals surface area contributed by atoms with Crippen molar-refractivity contribution in [1.29, 1.82) is 0 Å². The van der Waals surface area contributed by atoms with Crippen molar-refractivity contribution in [3.8, 4) is 0 Å². The fourth-order valence-electron chi connectivity index (χ4n) is 1.61. The highest BCUT2D eigenvalue weighted by atomic mass is 79.9. The van der Waals surface area contributed by atoms with Crippen molar-refractivity contribution in [2.75, 3.05) is 0 Å². The van der Waals surface area contributed by atoms with E-state index in [1.165, 1.54) is 11.1 Å². The average Bonchev–Trinajstić information content (AvgIpc) is 2.39. The zero-order chi connectivity index (χ0) is 11.4. The van der Waals surface area contributed by atoms with Gasteiger partial charge in [0.1, 0.15) is 0 Å². The predicted molar refractivity (Wildman–Crippen MR) is 76.2 cm³/mol. The summed E-state index contributed by atoms with van der Waals surface area (Å²) in [6.07, 6.45) is 0. The highest BCUT2D eigenvalue weighted by Crippen LogP contribution is 2.41. The van der Waals surface area contributed by atoms with Crippen LogP contribution in [-0.4, -0.2) is 0 Å². The maximum Gasteiger partial charge on any atom is 0.0561 e. The van der Waals surface area contributed by atoms with Crippen LogP contribution in [-0.2, 0) is 0 Å². The van der Waals surface area contributed by atoms with E-state index in [0.717, 1.165) is 0 Å². The van der Waals surface area contributed by atoms with E-state index in [9.17, 15) is 0 Å². The van der Waals surface area contributed by atoms with E-state index in [1.807, 2.05) is 12.1 Å². The number of rotatable bonds is 3. The van der Waals surface area contributed by atoms with Gasteiger partial charge in [0.2, 0.25) is 0 Å². The summed E-state index contributed by atoms with van der Waals surface area (Å²) in [5.74, 6) is 0. The SMILES string of the molecule is Br[C@H](c1ccccc1)[C@H](Br)c1ccccc1. The number of hydrogen-bond acceptors (Lipinski definition) is 0. The Morgan fingerprint density at radius 1 is 0.562 bits per heavy atom. The fourth-order valence-corrected chi connectivity index (χ4v) is 2.83. The van der Waals surface area contributed by atoms with E-state index in [1.54, 1.807) is 0 Å². The third kappa shape index (κ3) is 2.74. The summed E-state index contributed by atoms with van der Waals surface area (Å²) in [5.41, 5.74) is 2.57. The van der Waals surface area contributed by atoms with Crippen LogP contribution in [0.3, 0.4) is 0 Å². The van der Waals surface area contributed by atoms with Crippen molar-refractivity contribution in [3.63, 3.8) is 0 Å². The van der Waals surface area contributed by atoms with Crippen LogP contribution in [0.5, 0.6) is 0 Å². The van der Waals surface area contributed by atoms with Gasteiger partial charge in [-0.15, -0.1) is 0 Å². The lowest BCUT2D eigenvalue weighted by Gasteiger charge is -2.17. The molecule has 0 aliphatic rings. The number of hydrogen-bond donors (Lipinski definition) is 0. The van der Waals surface area contributed by atoms with Crippen LogP contribution in [0.1, 0.15) is 20.8 Å². The van der Waals surface area contributed by atoms with E-state index in [4.69, 9.17) is 0 Å². The molecule has 0 saturated heterocycles. The molecule has 0 fully saturated rings. The normalized spacial score (nSPS) is 14.4. The van der Waals surface area contributed by atoms with Gasteiger partial charge < -0.3 is 0 Å².